The van der Waals surface area contributed by atoms with Gasteiger partial charge in [0.15, 0.2) is 5.78 Å². The third kappa shape index (κ3) is 3.14. The zero-order chi connectivity index (χ0) is 17.2. The monoisotopic (exact) mass is 343 g/mol. The number of carbonyl (C=O) groups excluding carboxylic acids is 1. The minimum Gasteiger partial charge on any atom is -0.298 e. The van der Waals surface area contributed by atoms with Gasteiger partial charge in [-0.25, -0.2) is 8.42 Å². The minimum absolute atomic E-state index is 0.00482. The second-order valence-corrected chi connectivity index (χ2v) is 7.86. The molecule has 1 heterocycles. The van der Waals surface area contributed by atoms with Crippen molar-refractivity contribution < 1.29 is 13.2 Å². The Hall–Kier alpha value is -1.98. The number of rotatable bonds is 7. The molecule has 0 bridgehead atoms. The number of Topliss-reactive ketones (excluding diaryl/α,β-unsaturated/α-hetero) is 1. The summed E-state index contributed by atoms with van der Waals surface area (Å²) in [5.41, 5.74) is 0.867. The van der Waals surface area contributed by atoms with Crippen molar-refractivity contribution in [1.29, 1.82) is 0 Å². The molecule has 0 amide bonds. The lowest BCUT2D eigenvalue weighted by Crippen LogP contribution is -2.19. The van der Waals surface area contributed by atoms with Crippen LogP contribution in [0.1, 0.15) is 37.8 Å². The SMILES string of the molecule is CCCCC(=O)C1C(c2ccccc2)N1S(=O)(=O)c1ccccc1. The number of ketones is 1. The molecule has 0 radical (unpaired) electrons. The van der Waals surface area contributed by atoms with Crippen LogP contribution in [-0.4, -0.2) is 24.5 Å². The van der Waals surface area contributed by atoms with Crippen molar-refractivity contribution in [1.82, 2.24) is 4.31 Å². The second-order valence-electron chi connectivity index (χ2n) is 6.02. The number of sulfonamides is 1. The van der Waals surface area contributed by atoms with Crippen molar-refractivity contribution in [3.8, 4) is 0 Å². The van der Waals surface area contributed by atoms with E-state index in [4.69, 9.17) is 0 Å². The second kappa shape index (κ2) is 6.87. The first-order chi connectivity index (χ1) is 11.6. The number of hydrogen-bond donors (Lipinski definition) is 0. The van der Waals surface area contributed by atoms with E-state index in [0.717, 1.165) is 18.4 Å². The molecule has 24 heavy (non-hydrogen) atoms. The predicted molar refractivity (Wildman–Crippen MR) is 93.0 cm³/mol. The van der Waals surface area contributed by atoms with E-state index in [1.54, 1.807) is 30.3 Å². The highest BCUT2D eigenvalue weighted by Crippen LogP contribution is 2.48. The molecule has 0 N–H and O–H groups in total. The first-order valence-electron chi connectivity index (χ1n) is 8.23. The molecule has 126 valence electrons. The predicted octanol–water partition coefficient (Wildman–Crippen LogP) is 3.56. The molecule has 4 nitrogen and oxygen atoms in total. The molecule has 3 atom stereocenters. The average molecular weight is 343 g/mol. The van der Waals surface area contributed by atoms with Crippen LogP contribution in [0.3, 0.4) is 0 Å². The van der Waals surface area contributed by atoms with Gasteiger partial charge in [0, 0.05) is 6.42 Å². The molecule has 2 aromatic carbocycles. The van der Waals surface area contributed by atoms with Gasteiger partial charge < -0.3 is 0 Å². The number of hydrogen-bond acceptors (Lipinski definition) is 3. The number of carbonyl (C=O) groups is 1. The van der Waals surface area contributed by atoms with Gasteiger partial charge in [-0.3, -0.25) is 4.79 Å². The van der Waals surface area contributed by atoms with Crippen LogP contribution in [0.4, 0.5) is 0 Å². The highest BCUT2D eigenvalue weighted by atomic mass is 32.2. The van der Waals surface area contributed by atoms with Crippen molar-refractivity contribution in [3.05, 3.63) is 66.2 Å². The van der Waals surface area contributed by atoms with Crippen LogP contribution < -0.4 is 0 Å². The zero-order valence-corrected chi connectivity index (χ0v) is 14.4. The standard InChI is InChI=1S/C19H21NO3S/c1-2-3-14-17(21)19-18(15-10-6-4-7-11-15)20(19)24(22,23)16-12-8-5-9-13-16/h4-13,18-19H,2-3,14H2,1H3. The highest BCUT2D eigenvalue weighted by Gasteiger charge is 2.59. The van der Waals surface area contributed by atoms with Gasteiger partial charge >= 0.3 is 0 Å². The van der Waals surface area contributed by atoms with E-state index in [1.807, 2.05) is 37.3 Å². The van der Waals surface area contributed by atoms with Gasteiger partial charge in [0.2, 0.25) is 10.0 Å². The molecule has 1 aliphatic rings. The maximum absolute atomic E-state index is 12.9. The smallest absolute Gasteiger partial charge is 0.244 e. The van der Waals surface area contributed by atoms with Gasteiger partial charge in [0.05, 0.1) is 10.9 Å². The Balaban J connectivity index is 1.93. The van der Waals surface area contributed by atoms with Crippen molar-refractivity contribution in [3.63, 3.8) is 0 Å². The maximum Gasteiger partial charge on any atom is 0.244 e. The molecular weight excluding hydrogens is 322 g/mol. The van der Waals surface area contributed by atoms with E-state index in [9.17, 15) is 13.2 Å². The van der Waals surface area contributed by atoms with Crippen LogP contribution in [0.5, 0.6) is 0 Å². The molecule has 0 spiro atoms. The van der Waals surface area contributed by atoms with Crippen LogP contribution in [0, 0.1) is 0 Å². The summed E-state index contributed by atoms with van der Waals surface area (Å²) >= 11 is 0. The van der Waals surface area contributed by atoms with Crippen molar-refractivity contribution >= 4 is 15.8 Å². The third-order valence-electron chi connectivity index (χ3n) is 4.32. The summed E-state index contributed by atoms with van der Waals surface area (Å²) in [5.74, 6) is 0.00482. The summed E-state index contributed by atoms with van der Waals surface area (Å²) in [6, 6.07) is 16.7. The summed E-state index contributed by atoms with van der Waals surface area (Å²) in [6.07, 6.45) is 2.13. The first-order valence-corrected chi connectivity index (χ1v) is 9.67. The molecule has 1 saturated heterocycles. The number of benzene rings is 2. The van der Waals surface area contributed by atoms with E-state index in [1.165, 1.54) is 4.31 Å². The zero-order valence-electron chi connectivity index (χ0n) is 13.6. The molecule has 2 aromatic rings. The van der Waals surface area contributed by atoms with Crippen molar-refractivity contribution in [2.45, 2.75) is 43.2 Å². The fourth-order valence-electron chi connectivity index (χ4n) is 3.02. The highest BCUT2D eigenvalue weighted by molar-refractivity contribution is 7.89. The van der Waals surface area contributed by atoms with E-state index >= 15 is 0 Å². The molecule has 3 rings (SSSR count). The Kier molecular flexibility index (Phi) is 4.83. The Morgan fingerprint density at radius 2 is 1.58 bits per heavy atom. The van der Waals surface area contributed by atoms with E-state index < -0.39 is 16.1 Å². The third-order valence-corrected chi connectivity index (χ3v) is 6.20. The Morgan fingerprint density at radius 3 is 2.17 bits per heavy atom. The molecule has 5 heteroatoms. The average Bonchev–Trinajstić information content (AvgIpc) is 3.38. The summed E-state index contributed by atoms with van der Waals surface area (Å²) < 4.78 is 27.2. The summed E-state index contributed by atoms with van der Waals surface area (Å²) in [4.78, 5) is 12.8. The normalized spacial score (nSPS) is 23.0. The Bertz CT molecular complexity index is 803. The minimum atomic E-state index is -3.67. The number of nitrogens with zero attached hydrogens (tertiary/aromatic N) is 1. The van der Waals surface area contributed by atoms with Gasteiger partial charge in [-0.15, -0.1) is 0 Å². The molecule has 1 fully saturated rings. The number of unbranched alkanes of at least 4 members (excludes halogenated alkanes) is 1. The Labute approximate surface area is 143 Å². The van der Waals surface area contributed by atoms with Crippen molar-refractivity contribution in [2.24, 2.45) is 0 Å². The summed E-state index contributed by atoms with van der Waals surface area (Å²) in [6.45, 7) is 2.02. The van der Waals surface area contributed by atoms with Crippen LogP contribution in [0.15, 0.2) is 65.6 Å². The topological polar surface area (TPSA) is 54.2 Å². The lowest BCUT2D eigenvalue weighted by molar-refractivity contribution is -0.119. The molecule has 0 saturated carbocycles. The summed E-state index contributed by atoms with van der Waals surface area (Å²) in [5, 5.41) is 0. The van der Waals surface area contributed by atoms with Crippen LogP contribution in [0.25, 0.3) is 0 Å². The van der Waals surface area contributed by atoms with Crippen LogP contribution >= 0.6 is 0 Å². The van der Waals surface area contributed by atoms with Gasteiger partial charge in [-0.2, -0.15) is 4.31 Å². The lowest BCUT2D eigenvalue weighted by Gasteiger charge is -2.06. The molecule has 1 aliphatic heterocycles. The maximum atomic E-state index is 12.9. The van der Waals surface area contributed by atoms with Gasteiger partial charge in [0.25, 0.3) is 0 Å². The van der Waals surface area contributed by atoms with Gasteiger partial charge in [0.1, 0.15) is 6.04 Å². The van der Waals surface area contributed by atoms with E-state index in [0.29, 0.717) is 6.42 Å². The molecule has 3 unspecified atom stereocenters. The molecule has 0 aromatic heterocycles. The van der Waals surface area contributed by atoms with Gasteiger partial charge in [-0.1, -0.05) is 61.9 Å². The lowest BCUT2D eigenvalue weighted by atomic mass is 10.0. The molecular formula is C19H21NO3S. The largest absolute Gasteiger partial charge is 0.298 e. The van der Waals surface area contributed by atoms with Crippen molar-refractivity contribution in [2.75, 3.05) is 0 Å². The van der Waals surface area contributed by atoms with E-state index in [-0.39, 0.29) is 16.7 Å². The van der Waals surface area contributed by atoms with Gasteiger partial charge in [-0.05, 0) is 24.1 Å². The van der Waals surface area contributed by atoms with E-state index in [2.05, 4.69) is 0 Å². The van der Waals surface area contributed by atoms with Crippen LogP contribution in [0.2, 0.25) is 0 Å². The summed E-state index contributed by atoms with van der Waals surface area (Å²) in [7, 11) is -3.67. The quantitative estimate of drug-likeness (QED) is 0.722. The first kappa shape index (κ1) is 16.9. The fraction of sp³-hybridized carbons (Fsp3) is 0.316. The van der Waals surface area contributed by atoms with Crippen LogP contribution in [-0.2, 0) is 14.8 Å². The molecule has 0 aliphatic carbocycles. The Morgan fingerprint density at radius 1 is 1.00 bits per heavy atom. The fourth-order valence-corrected chi connectivity index (χ4v) is 4.78.